The Kier molecular flexibility index (Phi) is 6.59. The van der Waals surface area contributed by atoms with E-state index in [2.05, 4.69) is 152 Å². The van der Waals surface area contributed by atoms with Gasteiger partial charge in [0.15, 0.2) is 0 Å². The standard InChI is InChI=1S/C49H38N4O2/c1-47(2)27-52-45(54-47)34-20-32(23-50-25-34)29-13-16-36-31(19-29)15-18-40-39-17-14-30(33-21-35(26-51-24-33)46-53-28-48(3,4)55-46)22-43(39)49(44(36)40)41-11-7-5-9-37(41)38-10-6-8-12-42(38)49/h5-26H,27-28H2,1-4H3. The van der Waals surface area contributed by atoms with Crippen molar-refractivity contribution in [2.24, 2.45) is 9.98 Å². The number of rotatable bonds is 4. The van der Waals surface area contributed by atoms with Crippen molar-refractivity contribution in [3.05, 3.63) is 167 Å². The number of benzene rings is 5. The summed E-state index contributed by atoms with van der Waals surface area (Å²) in [6.07, 6.45) is 7.56. The van der Waals surface area contributed by atoms with E-state index >= 15 is 0 Å². The first-order valence-electron chi connectivity index (χ1n) is 19.0. The van der Waals surface area contributed by atoms with Crippen LogP contribution in [-0.4, -0.2) is 46.1 Å². The van der Waals surface area contributed by atoms with E-state index in [0.717, 1.165) is 33.4 Å². The van der Waals surface area contributed by atoms with E-state index in [1.165, 1.54) is 55.3 Å². The van der Waals surface area contributed by atoms with Crippen LogP contribution in [0.2, 0.25) is 0 Å². The van der Waals surface area contributed by atoms with Gasteiger partial charge in [0.05, 0.1) is 29.6 Å². The maximum Gasteiger partial charge on any atom is 0.218 e. The Bertz CT molecular complexity index is 2800. The van der Waals surface area contributed by atoms with Gasteiger partial charge in [-0.25, -0.2) is 9.98 Å². The molecule has 4 aliphatic rings. The van der Waals surface area contributed by atoms with Crippen LogP contribution in [0.1, 0.15) is 61.1 Å². The van der Waals surface area contributed by atoms with Gasteiger partial charge in [-0.05, 0) is 118 Å². The molecule has 2 aromatic heterocycles. The maximum atomic E-state index is 6.21. The molecular formula is C49H38N4O2. The molecule has 0 bridgehead atoms. The van der Waals surface area contributed by atoms with E-state index in [9.17, 15) is 0 Å². The lowest BCUT2D eigenvalue weighted by atomic mass is 9.69. The number of pyridine rings is 2. The first-order chi connectivity index (χ1) is 26.7. The Morgan fingerprint density at radius 2 is 0.964 bits per heavy atom. The minimum Gasteiger partial charge on any atom is -0.469 e. The SMILES string of the molecule is CC1(C)CN=C(c2cncc(-c3ccc4c(c3)C3(c5ccccc5-c5ccccc53)c3c-4ccc4cc(-c5cncc(C6=NCC(C)(C)O6)c5)ccc34)c2)O1. The second kappa shape index (κ2) is 11.3. The molecule has 2 aliphatic carbocycles. The van der Waals surface area contributed by atoms with Gasteiger partial charge in [-0.2, -0.15) is 0 Å². The summed E-state index contributed by atoms with van der Waals surface area (Å²) in [5, 5.41) is 2.42. The molecule has 0 radical (unpaired) electrons. The molecule has 0 atom stereocenters. The summed E-state index contributed by atoms with van der Waals surface area (Å²) < 4.78 is 12.4. The lowest BCUT2D eigenvalue weighted by Gasteiger charge is -2.31. The fraction of sp³-hybridized carbons (Fsp3) is 0.184. The first kappa shape index (κ1) is 32.1. The van der Waals surface area contributed by atoms with Crippen LogP contribution in [0.25, 0.3) is 55.3 Å². The van der Waals surface area contributed by atoms with Gasteiger partial charge >= 0.3 is 0 Å². The summed E-state index contributed by atoms with van der Waals surface area (Å²) in [7, 11) is 0. The smallest absolute Gasteiger partial charge is 0.218 e. The van der Waals surface area contributed by atoms with Crippen molar-refractivity contribution in [1.29, 1.82) is 0 Å². The van der Waals surface area contributed by atoms with E-state index in [1.54, 1.807) is 0 Å². The lowest BCUT2D eigenvalue weighted by Crippen LogP contribution is -2.26. The summed E-state index contributed by atoms with van der Waals surface area (Å²) in [4.78, 5) is 18.7. The van der Waals surface area contributed by atoms with Gasteiger partial charge < -0.3 is 9.47 Å². The summed E-state index contributed by atoms with van der Waals surface area (Å²) in [5.74, 6) is 1.31. The van der Waals surface area contributed by atoms with Crippen LogP contribution in [-0.2, 0) is 14.9 Å². The Balaban J connectivity index is 1.10. The highest BCUT2D eigenvalue weighted by Gasteiger charge is 2.52. The average Bonchev–Trinajstić information content (AvgIpc) is 3.94. The molecule has 0 saturated heterocycles. The Morgan fingerprint density at radius 3 is 1.55 bits per heavy atom. The highest BCUT2D eigenvalue weighted by molar-refractivity contribution is 6.05. The predicted molar refractivity (Wildman–Crippen MR) is 220 cm³/mol. The molecule has 6 nitrogen and oxygen atoms in total. The number of aromatic nitrogens is 2. The van der Waals surface area contributed by atoms with Crippen LogP contribution in [0.3, 0.4) is 0 Å². The molecule has 2 aliphatic heterocycles. The fourth-order valence-electron chi connectivity index (χ4n) is 9.24. The van der Waals surface area contributed by atoms with E-state index < -0.39 is 5.41 Å². The fourth-order valence-corrected chi connectivity index (χ4v) is 9.24. The number of aliphatic imine (C=N–C) groups is 2. The monoisotopic (exact) mass is 714 g/mol. The third kappa shape index (κ3) is 4.73. The van der Waals surface area contributed by atoms with Crippen LogP contribution >= 0.6 is 0 Å². The predicted octanol–water partition coefficient (Wildman–Crippen LogP) is 10.4. The van der Waals surface area contributed by atoms with Gasteiger partial charge in [0.1, 0.15) is 11.2 Å². The van der Waals surface area contributed by atoms with Crippen molar-refractivity contribution in [3.8, 4) is 44.5 Å². The lowest BCUT2D eigenvalue weighted by molar-refractivity contribution is 0.131. The van der Waals surface area contributed by atoms with E-state index in [1.807, 2.05) is 24.8 Å². The van der Waals surface area contributed by atoms with Gasteiger partial charge in [-0.1, -0.05) is 84.9 Å². The normalized spacial score (nSPS) is 17.5. The molecular weight excluding hydrogens is 677 g/mol. The van der Waals surface area contributed by atoms with E-state index in [4.69, 9.17) is 14.5 Å². The largest absolute Gasteiger partial charge is 0.469 e. The van der Waals surface area contributed by atoms with E-state index in [-0.39, 0.29) is 11.2 Å². The highest BCUT2D eigenvalue weighted by atomic mass is 16.5. The number of hydrogen-bond donors (Lipinski definition) is 0. The van der Waals surface area contributed by atoms with Crippen molar-refractivity contribution in [2.75, 3.05) is 13.1 Å². The van der Waals surface area contributed by atoms with Crippen molar-refractivity contribution in [2.45, 2.75) is 44.3 Å². The third-order valence-electron chi connectivity index (χ3n) is 11.7. The van der Waals surface area contributed by atoms with Crippen LogP contribution in [0.15, 0.2) is 144 Å². The second-order valence-electron chi connectivity index (χ2n) is 16.4. The average molecular weight is 715 g/mol. The molecule has 4 heterocycles. The van der Waals surface area contributed by atoms with Gasteiger partial charge in [0, 0.05) is 35.9 Å². The van der Waals surface area contributed by atoms with Crippen molar-refractivity contribution in [1.82, 2.24) is 9.97 Å². The zero-order valence-electron chi connectivity index (χ0n) is 31.2. The molecule has 7 aromatic rings. The van der Waals surface area contributed by atoms with Crippen LogP contribution in [0.5, 0.6) is 0 Å². The molecule has 6 heteroatoms. The van der Waals surface area contributed by atoms with Crippen LogP contribution in [0, 0.1) is 0 Å². The quantitative estimate of drug-likeness (QED) is 0.182. The van der Waals surface area contributed by atoms with Crippen molar-refractivity contribution in [3.63, 3.8) is 0 Å². The van der Waals surface area contributed by atoms with Crippen molar-refractivity contribution < 1.29 is 9.47 Å². The number of fused-ring (bicyclic) bond motifs is 12. The molecule has 266 valence electrons. The topological polar surface area (TPSA) is 69.0 Å². The van der Waals surface area contributed by atoms with Crippen LogP contribution < -0.4 is 0 Å². The van der Waals surface area contributed by atoms with Crippen LogP contribution in [0.4, 0.5) is 0 Å². The van der Waals surface area contributed by atoms with E-state index in [0.29, 0.717) is 24.9 Å². The number of ether oxygens (including phenoxy) is 2. The summed E-state index contributed by atoms with van der Waals surface area (Å²) in [6.45, 7) is 9.53. The van der Waals surface area contributed by atoms with Gasteiger partial charge in [-0.15, -0.1) is 0 Å². The molecule has 11 rings (SSSR count). The minimum atomic E-state index is -0.519. The molecule has 0 amide bonds. The number of nitrogens with zero attached hydrogens (tertiary/aromatic N) is 4. The zero-order valence-corrected chi connectivity index (χ0v) is 31.2. The highest BCUT2D eigenvalue weighted by Crippen LogP contribution is 2.64. The molecule has 0 fully saturated rings. The first-order valence-corrected chi connectivity index (χ1v) is 19.0. The Hall–Kier alpha value is -6.40. The number of hydrogen-bond acceptors (Lipinski definition) is 6. The minimum absolute atomic E-state index is 0.307. The molecule has 55 heavy (non-hydrogen) atoms. The molecule has 1 spiro atoms. The van der Waals surface area contributed by atoms with Crippen molar-refractivity contribution >= 4 is 22.6 Å². The molecule has 0 unspecified atom stereocenters. The van der Waals surface area contributed by atoms with Gasteiger partial charge in [-0.3, -0.25) is 9.97 Å². The summed E-state index contributed by atoms with van der Waals surface area (Å²) in [6, 6.07) is 40.7. The molecule has 0 saturated carbocycles. The maximum absolute atomic E-state index is 6.21. The van der Waals surface area contributed by atoms with Gasteiger partial charge in [0.2, 0.25) is 11.8 Å². The molecule has 5 aromatic carbocycles. The third-order valence-corrected chi connectivity index (χ3v) is 11.7. The zero-order chi connectivity index (χ0) is 37.1. The molecule has 0 N–H and O–H groups in total. The Morgan fingerprint density at radius 1 is 0.455 bits per heavy atom. The summed E-state index contributed by atoms with van der Waals surface area (Å²) in [5.41, 5.74) is 15.2. The van der Waals surface area contributed by atoms with Gasteiger partial charge in [0.25, 0.3) is 0 Å². The Labute approximate surface area is 320 Å². The summed E-state index contributed by atoms with van der Waals surface area (Å²) >= 11 is 0. The second-order valence-corrected chi connectivity index (χ2v) is 16.4.